The number of aliphatic hydroxyl groups excluding tert-OH is 1. The van der Waals surface area contributed by atoms with Crippen molar-refractivity contribution >= 4 is 11.8 Å². The zero-order valence-electron chi connectivity index (χ0n) is 14.6. The molecule has 128 valence electrons. The Morgan fingerprint density at radius 1 is 1.25 bits per heavy atom. The highest BCUT2D eigenvalue weighted by molar-refractivity contribution is 5.48. The lowest BCUT2D eigenvalue weighted by molar-refractivity contribution is 0.248. The van der Waals surface area contributed by atoms with Crippen molar-refractivity contribution in [2.45, 2.75) is 45.8 Å². The number of aromatic nitrogens is 2. The second-order valence-corrected chi connectivity index (χ2v) is 6.87. The molecule has 0 amide bonds. The molecular weight excluding hydrogens is 300 g/mol. The van der Waals surface area contributed by atoms with Crippen molar-refractivity contribution < 1.29 is 5.11 Å². The molecule has 5 heteroatoms. The van der Waals surface area contributed by atoms with Gasteiger partial charge in [-0.1, -0.05) is 38.1 Å². The minimum Gasteiger partial charge on any atom is -0.394 e. The standard InChI is InChI=1S/C19H26N4O/c1-13(2)17(12-24)21-19-20-9-8-18(22-19)23-11-16-7-5-4-6-15(16)10-14(23)3/h4-9,13-14,17,24H,10-12H2,1-3H3,(H,20,21,22)/t14-,17-/m1/s1. The minimum atomic E-state index is -0.0419. The third-order valence-electron chi connectivity index (χ3n) is 4.76. The molecule has 5 nitrogen and oxygen atoms in total. The molecule has 3 rings (SSSR count). The average molecular weight is 326 g/mol. The van der Waals surface area contributed by atoms with E-state index in [0.717, 1.165) is 18.8 Å². The number of hydrogen-bond donors (Lipinski definition) is 2. The van der Waals surface area contributed by atoms with Gasteiger partial charge in [0.25, 0.3) is 0 Å². The molecule has 0 saturated carbocycles. The molecule has 0 bridgehead atoms. The maximum Gasteiger partial charge on any atom is 0.224 e. The highest BCUT2D eigenvalue weighted by Gasteiger charge is 2.24. The smallest absolute Gasteiger partial charge is 0.224 e. The monoisotopic (exact) mass is 326 g/mol. The largest absolute Gasteiger partial charge is 0.394 e. The van der Waals surface area contributed by atoms with Crippen LogP contribution in [-0.2, 0) is 13.0 Å². The van der Waals surface area contributed by atoms with E-state index < -0.39 is 0 Å². The minimum absolute atomic E-state index is 0.0419. The van der Waals surface area contributed by atoms with Crippen LogP contribution >= 0.6 is 0 Å². The maximum absolute atomic E-state index is 9.50. The molecule has 1 aromatic carbocycles. The van der Waals surface area contributed by atoms with E-state index in [2.05, 4.69) is 65.2 Å². The maximum atomic E-state index is 9.50. The summed E-state index contributed by atoms with van der Waals surface area (Å²) in [5, 5.41) is 12.7. The third-order valence-corrected chi connectivity index (χ3v) is 4.76. The predicted octanol–water partition coefficient (Wildman–Crippen LogP) is 2.86. The Morgan fingerprint density at radius 3 is 2.71 bits per heavy atom. The number of anilines is 2. The quantitative estimate of drug-likeness (QED) is 0.885. The van der Waals surface area contributed by atoms with Gasteiger partial charge in [-0.05, 0) is 36.5 Å². The normalized spacial score (nSPS) is 18.4. The van der Waals surface area contributed by atoms with Crippen LogP contribution in [0.25, 0.3) is 0 Å². The van der Waals surface area contributed by atoms with Gasteiger partial charge >= 0.3 is 0 Å². The van der Waals surface area contributed by atoms with Crippen LogP contribution in [0.15, 0.2) is 36.5 Å². The molecule has 0 aliphatic carbocycles. The van der Waals surface area contributed by atoms with Crippen LogP contribution in [0, 0.1) is 5.92 Å². The number of nitrogens with one attached hydrogen (secondary N) is 1. The Kier molecular flexibility index (Phi) is 5.00. The summed E-state index contributed by atoms with van der Waals surface area (Å²) in [6, 6.07) is 10.9. The Balaban J connectivity index is 1.81. The number of aliphatic hydroxyl groups is 1. The summed E-state index contributed by atoms with van der Waals surface area (Å²) in [5.41, 5.74) is 2.79. The van der Waals surface area contributed by atoms with Gasteiger partial charge in [-0.2, -0.15) is 4.98 Å². The van der Waals surface area contributed by atoms with Crippen LogP contribution in [-0.4, -0.2) is 33.8 Å². The topological polar surface area (TPSA) is 61.3 Å². The van der Waals surface area contributed by atoms with Crippen molar-refractivity contribution in [1.29, 1.82) is 0 Å². The molecule has 2 atom stereocenters. The van der Waals surface area contributed by atoms with Gasteiger partial charge in [-0.3, -0.25) is 0 Å². The lowest BCUT2D eigenvalue weighted by Gasteiger charge is -2.36. The second kappa shape index (κ2) is 7.18. The fourth-order valence-corrected chi connectivity index (χ4v) is 3.15. The van der Waals surface area contributed by atoms with E-state index in [-0.39, 0.29) is 12.6 Å². The lowest BCUT2D eigenvalue weighted by Crippen LogP contribution is -2.39. The SMILES string of the molecule is CC(C)[C@@H](CO)Nc1nccc(N2Cc3ccccc3C[C@H]2C)n1. The molecule has 1 aliphatic rings. The first kappa shape index (κ1) is 16.7. The van der Waals surface area contributed by atoms with E-state index in [1.165, 1.54) is 11.1 Å². The van der Waals surface area contributed by atoms with Crippen molar-refractivity contribution in [3.63, 3.8) is 0 Å². The summed E-state index contributed by atoms with van der Waals surface area (Å²) < 4.78 is 0. The van der Waals surface area contributed by atoms with E-state index in [1.54, 1.807) is 6.20 Å². The van der Waals surface area contributed by atoms with Crippen LogP contribution in [0.4, 0.5) is 11.8 Å². The zero-order chi connectivity index (χ0) is 17.1. The molecule has 0 unspecified atom stereocenters. The predicted molar refractivity (Wildman–Crippen MR) is 97.2 cm³/mol. The highest BCUT2D eigenvalue weighted by atomic mass is 16.3. The molecular formula is C19H26N4O. The van der Waals surface area contributed by atoms with Crippen molar-refractivity contribution in [2.75, 3.05) is 16.8 Å². The van der Waals surface area contributed by atoms with Crippen LogP contribution in [0.3, 0.4) is 0 Å². The van der Waals surface area contributed by atoms with Crippen LogP contribution in [0.1, 0.15) is 31.9 Å². The summed E-state index contributed by atoms with van der Waals surface area (Å²) >= 11 is 0. The van der Waals surface area contributed by atoms with Crippen molar-refractivity contribution in [1.82, 2.24) is 9.97 Å². The van der Waals surface area contributed by atoms with Crippen molar-refractivity contribution in [3.05, 3.63) is 47.7 Å². The first-order valence-electron chi connectivity index (χ1n) is 8.62. The number of nitrogens with zero attached hydrogens (tertiary/aromatic N) is 3. The molecule has 0 fully saturated rings. The van der Waals surface area contributed by atoms with Gasteiger partial charge in [-0.25, -0.2) is 4.98 Å². The van der Waals surface area contributed by atoms with Gasteiger partial charge in [0.15, 0.2) is 0 Å². The average Bonchev–Trinajstić information content (AvgIpc) is 2.59. The van der Waals surface area contributed by atoms with Crippen molar-refractivity contribution in [2.24, 2.45) is 5.92 Å². The van der Waals surface area contributed by atoms with Crippen molar-refractivity contribution in [3.8, 4) is 0 Å². The Morgan fingerprint density at radius 2 is 2.00 bits per heavy atom. The molecule has 2 heterocycles. The second-order valence-electron chi connectivity index (χ2n) is 6.87. The van der Waals surface area contributed by atoms with E-state index in [4.69, 9.17) is 0 Å². The molecule has 2 aromatic rings. The van der Waals surface area contributed by atoms with Gasteiger partial charge in [0.2, 0.25) is 5.95 Å². The Hall–Kier alpha value is -2.14. The van der Waals surface area contributed by atoms with E-state index in [0.29, 0.717) is 17.9 Å². The molecule has 0 saturated heterocycles. The van der Waals surface area contributed by atoms with Gasteiger partial charge in [-0.15, -0.1) is 0 Å². The summed E-state index contributed by atoms with van der Waals surface area (Å²) in [6.45, 7) is 7.30. The fraction of sp³-hybridized carbons (Fsp3) is 0.474. The molecule has 2 N–H and O–H groups in total. The van der Waals surface area contributed by atoms with Crippen LogP contribution in [0.5, 0.6) is 0 Å². The summed E-state index contributed by atoms with van der Waals surface area (Å²) in [4.78, 5) is 11.3. The Bertz CT molecular complexity index is 689. The molecule has 0 radical (unpaired) electrons. The zero-order valence-corrected chi connectivity index (χ0v) is 14.6. The number of fused-ring (bicyclic) bond motifs is 1. The van der Waals surface area contributed by atoms with Crippen LogP contribution in [0.2, 0.25) is 0 Å². The molecule has 1 aromatic heterocycles. The number of rotatable bonds is 5. The van der Waals surface area contributed by atoms with Gasteiger partial charge < -0.3 is 15.3 Å². The fourth-order valence-electron chi connectivity index (χ4n) is 3.15. The third kappa shape index (κ3) is 3.51. The van der Waals surface area contributed by atoms with E-state index in [9.17, 15) is 5.11 Å². The first-order chi connectivity index (χ1) is 11.6. The first-order valence-corrected chi connectivity index (χ1v) is 8.62. The highest BCUT2D eigenvalue weighted by Crippen LogP contribution is 2.27. The molecule has 1 aliphatic heterocycles. The molecule has 24 heavy (non-hydrogen) atoms. The Labute approximate surface area is 143 Å². The number of hydrogen-bond acceptors (Lipinski definition) is 5. The van der Waals surface area contributed by atoms with E-state index in [1.807, 2.05) is 6.07 Å². The summed E-state index contributed by atoms with van der Waals surface area (Å²) in [5.74, 6) is 1.81. The van der Waals surface area contributed by atoms with Gasteiger partial charge in [0, 0.05) is 18.8 Å². The van der Waals surface area contributed by atoms with E-state index >= 15 is 0 Å². The number of benzene rings is 1. The van der Waals surface area contributed by atoms with Gasteiger partial charge in [0.1, 0.15) is 5.82 Å². The molecule has 0 spiro atoms. The van der Waals surface area contributed by atoms with Crippen LogP contribution < -0.4 is 10.2 Å². The summed E-state index contributed by atoms with van der Waals surface area (Å²) in [6.07, 6.45) is 2.81. The summed E-state index contributed by atoms with van der Waals surface area (Å²) in [7, 11) is 0. The van der Waals surface area contributed by atoms with Gasteiger partial charge in [0.05, 0.1) is 12.6 Å². The lowest BCUT2D eigenvalue weighted by atomic mass is 9.95.